The molecule has 1 heterocycles. The first-order chi connectivity index (χ1) is 9.16. The summed E-state index contributed by atoms with van der Waals surface area (Å²) in [6.07, 6.45) is 3.28. The molecule has 0 fully saturated rings. The number of aromatic amines is 1. The molecule has 1 rings (SSSR count). The summed E-state index contributed by atoms with van der Waals surface area (Å²) in [5.41, 5.74) is 0.439. The van der Waals surface area contributed by atoms with Crippen LogP contribution in [0.3, 0.4) is 0 Å². The quantitative estimate of drug-likeness (QED) is 0.690. The Labute approximate surface area is 122 Å². The highest BCUT2D eigenvalue weighted by Crippen LogP contribution is 2.17. The van der Waals surface area contributed by atoms with Crippen molar-refractivity contribution in [2.45, 2.75) is 70.5 Å². The average molecular weight is 301 g/mol. The summed E-state index contributed by atoms with van der Waals surface area (Å²) in [7, 11) is -3.47. The third-order valence-electron chi connectivity index (χ3n) is 3.01. The van der Waals surface area contributed by atoms with Crippen molar-refractivity contribution in [3.63, 3.8) is 0 Å². The topological polar surface area (TPSA) is 74.0 Å². The molecule has 0 spiro atoms. The van der Waals surface area contributed by atoms with Crippen LogP contribution < -0.4 is 10.0 Å². The fourth-order valence-electron chi connectivity index (χ4n) is 2.09. The van der Waals surface area contributed by atoms with E-state index in [4.69, 9.17) is 0 Å². The largest absolute Gasteiger partial charge is 0.363 e. The zero-order chi connectivity index (χ0) is 15.4. The van der Waals surface area contributed by atoms with Crippen LogP contribution in [0, 0.1) is 0 Å². The Hall–Kier alpha value is -0.850. The normalized spacial score (nSPS) is 13.1. The van der Waals surface area contributed by atoms with E-state index in [0.717, 1.165) is 18.5 Å². The number of sulfonamides is 1. The number of hydrogen-bond donors (Lipinski definition) is 3. The van der Waals surface area contributed by atoms with Gasteiger partial charge in [0.2, 0.25) is 10.0 Å². The second kappa shape index (κ2) is 6.74. The molecule has 1 aromatic rings. The summed E-state index contributed by atoms with van der Waals surface area (Å²) in [4.78, 5) is 3.30. The Kier molecular flexibility index (Phi) is 5.79. The molecule has 0 aromatic carbocycles. The SMILES string of the molecule is CCCC(C)(C)NS(=O)(=O)c1c[nH]c(CNC(C)C)c1. The van der Waals surface area contributed by atoms with Crippen LogP contribution in [0.15, 0.2) is 17.2 Å². The van der Waals surface area contributed by atoms with Gasteiger partial charge in [0, 0.05) is 30.0 Å². The molecule has 20 heavy (non-hydrogen) atoms. The summed E-state index contributed by atoms with van der Waals surface area (Å²) in [5.74, 6) is 0. The molecule has 6 heteroatoms. The highest BCUT2D eigenvalue weighted by Gasteiger charge is 2.26. The van der Waals surface area contributed by atoms with Gasteiger partial charge in [-0.1, -0.05) is 27.2 Å². The summed E-state index contributed by atoms with van der Waals surface area (Å²) in [6, 6.07) is 2.04. The molecule has 0 aliphatic heterocycles. The van der Waals surface area contributed by atoms with E-state index in [1.807, 2.05) is 20.8 Å². The first-order valence-corrected chi connectivity index (χ1v) is 8.59. The lowest BCUT2D eigenvalue weighted by Crippen LogP contribution is -2.42. The molecule has 0 atom stereocenters. The summed E-state index contributed by atoms with van der Waals surface area (Å²) in [5, 5.41) is 3.25. The van der Waals surface area contributed by atoms with Gasteiger partial charge in [-0.3, -0.25) is 0 Å². The Morgan fingerprint density at radius 2 is 2.00 bits per heavy atom. The minimum Gasteiger partial charge on any atom is -0.363 e. The molecule has 0 amide bonds. The number of nitrogens with one attached hydrogen (secondary N) is 3. The highest BCUT2D eigenvalue weighted by molar-refractivity contribution is 7.89. The van der Waals surface area contributed by atoms with Crippen LogP contribution in [0.2, 0.25) is 0 Å². The molecule has 0 radical (unpaired) electrons. The predicted octanol–water partition coefficient (Wildman–Crippen LogP) is 2.37. The molecule has 1 aromatic heterocycles. The van der Waals surface area contributed by atoms with Gasteiger partial charge in [-0.15, -0.1) is 0 Å². The van der Waals surface area contributed by atoms with E-state index < -0.39 is 15.6 Å². The molecule has 0 aliphatic carbocycles. The zero-order valence-corrected chi connectivity index (χ0v) is 13.9. The molecule has 116 valence electrons. The van der Waals surface area contributed by atoms with E-state index >= 15 is 0 Å². The van der Waals surface area contributed by atoms with E-state index in [1.165, 1.54) is 0 Å². The fraction of sp³-hybridized carbons (Fsp3) is 0.714. The number of rotatable bonds is 8. The van der Waals surface area contributed by atoms with Gasteiger partial charge in [0.15, 0.2) is 0 Å². The van der Waals surface area contributed by atoms with Gasteiger partial charge in [0.05, 0.1) is 4.90 Å². The standard InChI is InChI=1S/C14H27N3O2S/c1-6-7-14(4,5)17-20(18,19)13-8-12(16-10-13)9-15-11(2)3/h8,10-11,15-17H,6-7,9H2,1-5H3. The van der Waals surface area contributed by atoms with Crippen molar-refractivity contribution in [1.29, 1.82) is 0 Å². The van der Waals surface area contributed by atoms with Crippen molar-refractivity contribution < 1.29 is 8.42 Å². The molecule has 0 bridgehead atoms. The number of aromatic nitrogens is 1. The van der Waals surface area contributed by atoms with Gasteiger partial charge in [-0.25, -0.2) is 13.1 Å². The molecular weight excluding hydrogens is 274 g/mol. The first-order valence-electron chi connectivity index (χ1n) is 7.11. The van der Waals surface area contributed by atoms with Crippen LogP contribution in [0.1, 0.15) is 53.2 Å². The summed E-state index contributed by atoms with van der Waals surface area (Å²) >= 11 is 0. The smallest absolute Gasteiger partial charge is 0.242 e. The monoisotopic (exact) mass is 301 g/mol. The van der Waals surface area contributed by atoms with Crippen molar-refractivity contribution in [3.05, 3.63) is 18.0 Å². The van der Waals surface area contributed by atoms with Crippen LogP contribution in [0.5, 0.6) is 0 Å². The van der Waals surface area contributed by atoms with Crippen molar-refractivity contribution >= 4 is 10.0 Å². The predicted molar refractivity (Wildman–Crippen MR) is 82.1 cm³/mol. The number of hydrogen-bond acceptors (Lipinski definition) is 3. The second-order valence-electron chi connectivity index (χ2n) is 6.14. The molecule has 0 aliphatic rings. The van der Waals surface area contributed by atoms with Gasteiger partial charge < -0.3 is 10.3 Å². The van der Waals surface area contributed by atoms with Gasteiger partial charge in [0.1, 0.15) is 0 Å². The fourth-order valence-corrected chi connectivity index (χ4v) is 3.55. The Morgan fingerprint density at radius 3 is 2.55 bits per heavy atom. The zero-order valence-electron chi connectivity index (χ0n) is 13.1. The van der Waals surface area contributed by atoms with Crippen LogP contribution in [0.4, 0.5) is 0 Å². The second-order valence-corrected chi connectivity index (χ2v) is 7.82. The van der Waals surface area contributed by atoms with Gasteiger partial charge in [-0.05, 0) is 26.3 Å². The molecule has 3 N–H and O–H groups in total. The molecule has 0 saturated carbocycles. The van der Waals surface area contributed by atoms with Crippen LogP contribution in [-0.4, -0.2) is 25.0 Å². The molecule has 0 unspecified atom stereocenters. The third kappa shape index (κ3) is 5.26. The maximum absolute atomic E-state index is 12.3. The summed E-state index contributed by atoms with van der Waals surface area (Å²) in [6.45, 7) is 10.6. The lowest BCUT2D eigenvalue weighted by molar-refractivity contribution is 0.418. The maximum atomic E-state index is 12.3. The Bertz CT molecular complexity index is 518. The van der Waals surface area contributed by atoms with E-state index in [-0.39, 0.29) is 0 Å². The number of H-pyrrole nitrogens is 1. The van der Waals surface area contributed by atoms with Crippen molar-refractivity contribution in [2.24, 2.45) is 0 Å². The van der Waals surface area contributed by atoms with Crippen LogP contribution >= 0.6 is 0 Å². The van der Waals surface area contributed by atoms with E-state index in [1.54, 1.807) is 12.3 Å². The maximum Gasteiger partial charge on any atom is 0.242 e. The first kappa shape index (κ1) is 17.2. The average Bonchev–Trinajstić information content (AvgIpc) is 2.73. The Morgan fingerprint density at radius 1 is 1.35 bits per heavy atom. The van der Waals surface area contributed by atoms with Crippen LogP contribution in [-0.2, 0) is 16.6 Å². The van der Waals surface area contributed by atoms with Crippen molar-refractivity contribution in [2.75, 3.05) is 0 Å². The lowest BCUT2D eigenvalue weighted by Gasteiger charge is -2.24. The lowest BCUT2D eigenvalue weighted by atomic mass is 10.0. The van der Waals surface area contributed by atoms with E-state index in [9.17, 15) is 8.42 Å². The van der Waals surface area contributed by atoms with E-state index in [0.29, 0.717) is 17.5 Å². The third-order valence-corrected chi connectivity index (χ3v) is 4.69. The molecule has 5 nitrogen and oxygen atoms in total. The van der Waals surface area contributed by atoms with Crippen LogP contribution in [0.25, 0.3) is 0 Å². The molecule has 0 saturated heterocycles. The van der Waals surface area contributed by atoms with Gasteiger partial charge in [0.25, 0.3) is 0 Å². The minimum absolute atomic E-state index is 0.294. The summed E-state index contributed by atoms with van der Waals surface area (Å²) < 4.78 is 27.4. The van der Waals surface area contributed by atoms with Crippen molar-refractivity contribution in [3.8, 4) is 0 Å². The van der Waals surface area contributed by atoms with Gasteiger partial charge >= 0.3 is 0 Å². The van der Waals surface area contributed by atoms with Gasteiger partial charge in [-0.2, -0.15) is 0 Å². The minimum atomic E-state index is -3.47. The molecular formula is C14H27N3O2S. The van der Waals surface area contributed by atoms with Crippen molar-refractivity contribution in [1.82, 2.24) is 15.0 Å². The Balaban J connectivity index is 2.78. The highest BCUT2D eigenvalue weighted by atomic mass is 32.2. The van der Waals surface area contributed by atoms with E-state index in [2.05, 4.69) is 28.9 Å².